The van der Waals surface area contributed by atoms with Crippen molar-refractivity contribution in [2.24, 2.45) is 0 Å². The Kier molecular flexibility index (Phi) is 6.76. The molecule has 2 aromatic heterocycles. The molecule has 0 atom stereocenters. The van der Waals surface area contributed by atoms with Crippen molar-refractivity contribution in [3.8, 4) is 17.4 Å². The van der Waals surface area contributed by atoms with Crippen molar-refractivity contribution in [2.45, 2.75) is 26.7 Å². The minimum atomic E-state index is -0.421. The van der Waals surface area contributed by atoms with Crippen LogP contribution in [0.5, 0.6) is 11.6 Å². The molecule has 0 aliphatic carbocycles. The number of nitrogens with one attached hydrogen (secondary N) is 1. The topological polar surface area (TPSA) is 81.9 Å². The summed E-state index contributed by atoms with van der Waals surface area (Å²) in [5, 5.41) is 7.54. The Bertz CT molecular complexity index is 1470. The molecule has 5 aromatic rings. The first-order valence-corrected chi connectivity index (χ1v) is 12.0. The van der Waals surface area contributed by atoms with E-state index in [-0.39, 0.29) is 5.91 Å². The number of carbonyl (C=O) groups excluding carboxylic acids is 1. The maximum absolute atomic E-state index is 13.4. The smallest absolute Gasteiger partial charge is 0.236 e. The summed E-state index contributed by atoms with van der Waals surface area (Å²) >= 11 is 0. The average Bonchev–Trinajstić information content (AvgIpc) is 3.24. The molecule has 0 saturated carbocycles. The Balaban J connectivity index is 1.33. The molecule has 37 heavy (non-hydrogen) atoms. The highest BCUT2D eigenvalue weighted by atomic mass is 16.5. The third-order valence-corrected chi connectivity index (χ3v) is 5.90. The molecule has 5 rings (SSSR count). The van der Waals surface area contributed by atoms with Gasteiger partial charge in [-0.2, -0.15) is 10.1 Å². The Morgan fingerprint density at radius 2 is 1.43 bits per heavy atom. The van der Waals surface area contributed by atoms with Crippen LogP contribution in [0.1, 0.15) is 34.3 Å². The van der Waals surface area contributed by atoms with Crippen molar-refractivity contribution in [2.75, 3.05) is 5.32 Å². The van der Waals surface area contributed by atoms with E-state index in [1.54, 1.807) is 22.9 Å². The van der Waals surface area contributed by atoms with Gasteiger partial charge in [0.05, 0.1) is 11.6 Å². The molecule has 1 N–H and O–H groups in total. The maximum Gasteiger partial charge on any atom is 0.236 e. The van der Waals surface area contributed by atoms with E-state index < -0.39 is 5.92 Å². The summed E-state index contributed by atoms with van der Waals surface area (Å²) in [6.07, 6.45) is 0. The lowest BCUT2D eigenvalue weighted by molar-refractivity contribution is -0.116. The number of hydrogen-bond donors (Lipinski definition) is 1. The largest absolute Gasteiger partial charge is 0.439 e. The molecule has 0 bridgehead atoms. The first kappa shape index (κ1) is 23.9. The van der Waals surface area contributed by atoms with Gasteiger partial charge in [-0.05, 0) is 62.2 Å². The monoisotopic (exact) mass is 489 g/mol. The normalized spacial score (nSPS) is 10.9. The molecule has 0 unspecified atom stereocenters. The van der Waals surface area contributed by atoms with Crippen LogP contribution in [0, 0.1) is 20.8 Å². The van der Waals surface area contributed by atoms with Crippen molar-refractivity contribution < 1.29 is 9.53 Å². The molecular weight excluding hydrogens is 462 g/mol. The fraction of sp³-hybridized carbons (Fsp3) is 0.133. The van der Waals surface area contributed by atoms with Crippen LogP contribution in [0.15, 0.2) is 97.1 Å². The second-order valence-electron chi connectivity index (χ2n) is 8.82. The molecule has 7 heteroatoms. The number of aromatic nitrogens is 4. The van der Waals surface area contributed by atoms with Gasteiger partial charge in [-0.1, -0.05) is 60.7 Å². The third kappa shape index (κ3) is 5.56. The predicted octanol–water partition coefficient (Wildman–Crippen LogP) is 6.15. The number of hydrogen-bond acceptors (Lipinski definition) is 5. The summed E-state index contributed by atoms with van der Waals surface area (Å²) in [5.74, 6) is 1.71. The van der Waals surface area contributed by atoms with Gasteiger partial charge in [-0.25, -0.2) is 9.67 Å². The molecule has 3 aromatic carbocycles. The van der Waals surface area contributed by atoms with Crippen LogP contribution in [0.4, 0.5) is 5.69 Å². The molecule has 2 heterocycles. The first-order valence-electron chi connectivity index (χ1n) is 12.0. The van der Waals surface area contributed by atoms with E-state index in [9.17, 15) is 4.79 Å². The Morgan fingerprint density at radius 1 is 0.811 bits per heavy atom. The van der Waals surface area contributed by atoms with Crippen LogP contribution in [0.25, 0.3) is 5.82 Å². The second kappa shape index (κ2) is 10.5. The van der Waals surface area contributed by atoms with Crippen molar-refractivity contribution in [3.05, 3.63) is 125 Å². The third-order valence-electron chi connectivity index (χ3n) is 5.90. The fourth-order valence-electron chi connectivity index (χ4n) is 4.27. The zero-order valence-corrected chi connectivity index (χ0v) is 20.9. The number of nitrogens with zero attached hydrogens (tertiary/aromatic N) is 4. The van der Waals surface area contributed by atoms with Gasteiger partial charge in [0.1, 0.15) is 11.6 Å². The summed E-state index contributed by atoms with van der Waals surface area (Å²) in [7, 11) is 0. The van der Waals surface area contributed by atoms with Gasteiger partial charge in [0, 0.05) is 17.4 Å². The van der Waals surface area contributed by atoms with E-state index in [2.05, 4.69) is 20.4 Å². The minimum Gasteiger partial charge on any atom is -0.439 e. The second-order valence-corrected chi connectivity index (χ2v) is 8.82. The number of amides is 1. The summed E-state index contributed by atoms with van der Waals surface area (Å²) in [4.78, 5) is 22.3. The highest BCUT2D eigenvalue weighted by Crippen LogP contribution is 2.28. The van der Waals surface area contributed by atoms with Crippen LogP contribution in [0.2, 0.25) is 0 Å². The molecule has 0 aliphatic heterocycles. The van der Waals surface area contributed by atoms with Gasteiger partial charge < -0.3 is 10.1 Å². The number of anilines is 1. The van der Waals surface area contributed by atoms with E-state index in [0.29, 0.717) is 29.0 Å². The van der Waals surface area contributed by atoms with Gasteiger partial charge in [0.15, 0.2) is 5.82 Å². The lowest BCUT2D eigenvalue weighted by Crippen LogP contribution is -2.22. The Hall–Kier alpha value is -4.78. The zero-order valence-electron chi connectivity index (χ0n) is 20.9. The van der Waals surface area contributed by atoms with Crippen LogP contribution in [-0.4, -0.2) is 25.7 Å². The van der Waals surface area contributed by atoms with E-state index in [1.807, 2.05) is 99.6 Å². The molecule has 0 aliphatic rings. The summed E-state index contributed by atoms with van der Waals surface area (Å²) < 4.78 is 7.78. The highest BCUT2D eigenvalue weighted by Gasteiger charge is 2.22. The lowest BCUT2D eigenvalue weighted by Gasteiger charge is -2.18. The number of carbonyl (C=O) groups is 1. The summed E-state index contributed by atoms with van der Waals surface area (Å²) in [6.45, 7) is 5.74. The molecule has 0 saturated heterocycles. The molecule has 184 valence electrons. The van der Waals surface area contributed by atoms with Crippen molar-refractivity contribution >= 4 is 11.6 Å². The van der Waals surface area contributed by atoms with E-state index >= 15 is 0 Å². The van der Waals surface area contributed by atoms with Gasteiger partial charge >= 0.3 is 0 Å². The van der Waals surface area contributed by atoms with Crippen LogP contribution in [-0.2, 0) is 4.79 Å². The first-order chi connectivity index (χ1) is 18.0. The van der Waals surface area contributed by atoms with E-state index in [4.69, 9.17) is 4.74 Å². The van der Waals surface area contributed by atoms with Crippen LogP contribution < -0.4 is 10.1 Å². The van der Waals surface area contributed by atoms with Gasteiger partial charge in [0.25, 0.3) is 0 Å². The number of rotatable bonds is 7. The summed E-state index contributed by atoms with van der Waals surface area (Å²) in [6, 6.07) is 30.5. The van der Waals surface area contributed by atoms with Crippen molar-refractivity contribution in [1.82, 2.24) is 19.7 Å². The van der Waals surface area contributed by atoms with E-state index in [0.717, 1.165) is 22.5 Å². The Morgan fingerprint density at radius 3 is 2.00 bits per heavy atom. The van der Waals surface area contributed by atoms with Gasteiger partial charge in [0.2, 0.25) is 11.8 Å². The number of benzene rings is 3. The fourth-order valence-corrected chi connectivity index (χ4v) is 4.27. The van der Waals surface area contributed by atoms with E-state index in [1.165, 1.54) is 0 Å². The van der Waals surface area contributed by atoms with Gasteiger partial charge in [-0.15, -0.1) is 0 Å². The van der Waals surface area contributed by atoms with Crippen molar-refractivity contribution in [1.29, 1.82) is 0 Å². The molecule has 0 radical (unpaired) electrons. The van der Waals surface area contributed by atoms with Crippen LogP contribution in [0.3, 0.4) is 0 Å². The predicted molar refractivity (Wildman–Crippen MR) is 143 cm³/mol. The molecular formula is C30H27N5O2. The highest BCUT2D eigenvalue weighted by molar-refractivity contribution is 5.98. The summed E-state index contributed by atoms with van der Waals surface area (Å²) in [5.41, 5.74) is 4.44. The van der Waals surface area contributed by atoms with Crippen molar-refractivity contribution in [3.63, 3.8) is 0 Å². The zero-order chi connectivity index (χ0) is 25.8. The maximum atomic E-state index is 13.4. The minimum absolute atomic E-state index is 0.105. The number of aryl methyl sites for hydroxylation is 3. The molecule has 1 amide bonds. The lowest BCUT2D eigenvalue weighted by atomic mass is 9.90. The average molecular weight is 490 g/mol. The number of ether oxygens (including phenoxy) is 1. The van der Waals surface area contributed by atoms with Crippen LogP contribution >= 0.6 is 0 Å². The SMILES string of the molecule is Cc1cc(C)n(-c2cc(Oc3ccc(NC(=O)C(c4ccccc4)c4ccccc4)cc3)nc(C)n2)n1. The standard InChI is InChI=1S/C30H27N5O2/c1-20-18-21(2)35(34-20)27-19-28(32-22(3)31-27)37-26-16-14-25(15-17-26)33-30(36)29(23-10-6-4-7-11-23)24-12-8-5-9-13-24/h4-19,29H,1-3H3,(H,33,36). The molecule has 7 nitrogen and oxygen atoms in total. The quantitative estimate of drug-likeness (QED) is 0.296. The van der Waals surface area contributed by atoms with Gasteiger partial charge in [-0.3, -0.25) is 4.79 Å². The molecule has 0 fully saturated rings. The molecule has 0 spiro atoms. The Labute approximate surface area is 215 Å².